The maximum Gasteiger partial charge on any atom is 0.120 e. The van der Waals surface area contributed by atoms with Gasteiger partial charge in [-0.25, -0.2) is 0 Å². The number of allylic oxidation sites excluding steroid dienone is 1. The lowest BCUT2D eigenvalue weighted by atomic mass is 10.3. The van der Waals surface area contributed by atoms with Crippen LogP contribution >= 0.6 is 11.6 Å². The van der Waals surface area contributed by atoms with Gasteiger partial charge in [0, 0.05) is 0 Å². The molecule has 0 saturated carbocycles. The second-order valence-corrected chi connectivity index (χ2v) is 3.34. The van der Waals surface area contributed by atoms with Crippen molar-refractivity contribution < 1.29 is 4.74 Å². The van der Waals surface area contributed by atoms with E-state index in [-0.39, 0.29) is 0 Å². The van der Waals surface area contributed by atoms with Crippen LogP contribution in [0.2, 0.25) is 5.02 Å². The molecule has 76 valence electrons. The van der Waals surface area contributed by atoms with Gasteiger partial charge in [0.05, 0.1) is 5.02 Å². The van der Waals surface area contributed by atoms with E-state index in [1.165, 1.54) is 0 Å². The summed E-state index contributed by atoms with van der Waals surface area (Å²) in [6, 6.07) is 7.29. The number of hydrogen-bond donors (Lipinski definition) is 0. The molecule has 1 heterocycles. The Morgan fingerprint density at radius 3 is 2.80 bits per heavy atom. The van der Waals surface area contributed by atoms with E-state index in [1.807, 2.05) is 24.3 Å². The third kappa shape index (κ3) is 2.67. The van der Waals surface area contributed by atoms with E-state index in [1.54, 1.807) is 18.4 Å². The fraction of sp³-hybridized carbons (Fsp3) is 0.0909. The van der Waals surface area contributed by atoms with E-state index in [9.17, 15) is 0 Å². The average molecular weight is 221 g/mol. The van der Waals surface area contributed by atoms with Crippen molar-refractivity contribution in [1.29, 1.82) is 0 Å². The highest BCUT2D eigenvalue weighted by Crippen LogP contribution is 2.24. The van der Waals surface area contributed by atoms with E-state index in [4.69, 9.17) is 16.3 Å². The molecule has 2 rings (SSSR count). The summed E-state index contributed by atoms with van der Waals surface area (Å²) in [5.41, 5.74) is 1.33. The highest BCUT2D eigenvalue weighted by molar-refractivity contribution is 6.32. The number of rotatable bonds is 2. The Bertz CT molecular complexity index is 438. The van der Waals surface area contributed by atoms with Gasteiger partial charge in [0.1, 0.15) is 24.3 Å². The molecule has 1 aromatic carbocycles. The lowest BCUT2D eigenvalue weighted by molar-refractivity contribution is 0.282. The first-order chi connectivity index (χ1) is 7.36. The molecule has 0 saturated heterocycles. The van der Waals surface area contributed by atoms with Crippen molar-refractivity contribution in [3.8, 4) is 0 Å². The van der Waals surface area contributed by atoms with Crippen molar-refractivity contribution in [1.82, 2.24) is 0 Å². The van der Waals surface area contributed by atoms with Gasteiger partial charge in [0.15, 0.2) is 0 Å². The molecule has 15 heavy (non-hydrogen) atoms. The third-order valence-corrected chi connectivity index (χ3v) is 2.13. The zero-order valence-corrected chi connectivity index (χ0v) is 8.69. The number of ether oxygens (including phenoxy) is 1. The lowest BCUT2D eigenvalue weighted by Gasteiger charge is -2.02. The van der Waals surface area contributed by atoms with E-state index < -0.39 is 0 Å². The minimum Gasteiger partial charge on any atom is -0.495 e. The summed E-state index contributed by atoms with van der Waals surface area (Å²) in [6.07, 6.45) is 5.30. The van der Waals surface area contributed by atoms with Crippen molar-refractivity contribution in [2.45, 2.75) is 0 Å². The molecule has 4 heteroatoms. The summed E-state index contributed by atoms with van der Waals surface area (Å²) < 4.78 is 5.07. The van der Waals surface area contributed by atoms with Crippen LogP contribution in [0, 0.1) is 0 Å². The van der Waals surface area contributed by atoms with Crippen LogP contribution in [-0.2, 0) is 4.74 Å². The van der Waals surface area contributed by atoms with E-state index in [0.717, 1.165) is 0 Å². The fourth-order valence-electron chi connectivity index (χ4n) is 1.10. The molecule has 0 aliphatic carbocycles. The minimum atomic E-state index is 0.586. The van der Waals surface area contributed by atoms with Crippen LogP contribution in [-0.4, -0.2) is 6.61 Å². The molecule has 0 spiro atoms. The molecular formula is C11H9ClN2O. The summed E-state index contributed by atoms with van der Waals surface area (Å²) in [6.45, 7) is 0.588. The topological polar surface area (TPSA) is 34.0 Å². The Hall–Kier alpha value is -1.61. The molecule has 0 unspecified atom stereocenters. The standard InChI is InChI=1S/C11H9ClN2O/c12-10-5-1-2-6-11(10)14-13-9-4-3-7-15-8-9/h1-6,8H,7H2. The summed E-state index contributed by atoms with van der Waals surface area (Å²) in [5, 5.41) is 8.61. The predicted octanol–water partition coefficient (Wildman–Crippen LogP) is 3.85. The quantitative estimate of drug-likeness (QED) is 0.697. The van der Waals surface area contributed by atoms with Crippen LogP contribution in [0.1, 0.15) is 0 Å². The van der Waals surface area contributed by atoms with Gasteiger partial charge < -0.3 is 4.74 Å². The number of hydrogen-bond acceptors (Lipinski definition) is 3. The Labute approximate surface area is 92.7 Å². The molecule has 1 aromatic rings. The van der Waals surface area contributed by atoms with Crippen LogP contribution in [0.15, 0.2) is 58.6 Å². The van der Waals surface area contributed by atoms with Crippen LogP contribution in [0.25, 0.3) is 0 Å². The van der Waals surface area contributed by atoms with Crippen LogP contribution < -0.4 is 0 Å². The van der Waals surface area contributed by atoms with Gasteiger partial charge in [-0.3, -0.25) is 0 Å². The maximum absolute atomic E-state index is 5.92. The van der Waals surface area contributed by atoms with Gasteiger partial charge in [-0.15, -0.1) is 10.2 Å². The van der Waals surface area contributed by atoms with Crippen LogP contribution in [0.5, 0.6) is 0 Å². The fourth-order valence-corrected chi connectivity index (χ4v) is 1.27. The molecule has 0 fully saturated rings. The van der Waals surface area contributed by atoms with E-state index in [0.29, 0.717) is 23.0 Å². The largest absolute Gasteiger partial charge is 0.495 e. The van der Waals surface area contributed by atoms with E-state index >= 15 is 0 Å². The summed E-state index contributed by atoms with van der Waals surface area (Å²) in [5.74, 6) is 0. The van der Waals surface area contributed by atoms with Gasteiger partial charge in [0.2, 0.25) is 0 Å². The molecule has 0 aromatic heterocycles. The number of benzene rings is 1. The zero-order chi connectivity index (χ0) is 10.5. The minimum absolute atomic E-state index is 0.586. The first-order valence-electron chi connectivity index (χ1n) is 4.51. The second kappa shape index (κ2) is 4.75. The summed E-state index contributed by atoms with van der Waals surface area (Å²) >= 11 is 5.92. The van der Waals surface area contributed by atoms with Crippen molar-refractivity contribution >= 4 is 17.3 Å². The zero-order valence-electron chi connectivity index (χ0n) is 7.93. The Kier molecular flexibility index (Phi) is 3.15. The van der Waals surface area contributed by atoms with E-state index in [2.05, 4.69) is 10.2 Å². The summed E-state index contributed by atoms with van der Waals surface area (Å²) in [7, 11) is 0. The average Bonchev–Trinajstić information content (AvgIpc) is 2.29. The van der Waals surface area contributed by atoms with Crippen LogP contribution in [0.3, 0.4) is 0 Å². The number of azo groups is 1. The predicted molar refractivity (Wildman–Crippen MR) is 59.1 cm³/mol. The van der Waals surface area contributed by atoms with Gasteiger partial charge in [0.25, 0.3) is 0 Å². The molecule has 1 aliphatic heterocycles. The molecule has 1 aliphatic rings. The van der Waals surface area contributed by atoms with Crippen molar-refractivity contribution in [2.75, 3.05) is 6.61 Å². The Morgan fingerprint density at radius 2 is 2.07 bits per heavy atom. The van der Waals surface area contributed by atoms with Crippen molar-refractivity contribution in [2.24, 2.45) is 10.2 Å². The Balaban J connectivity index is 2.15. The number of halogens is 1. The maximum atomic E-state index is 5.92. The highest BCUT2D eigenvalue weighted by Gasteiger charge is 1.98. The molecule has 3 nitrogen and oxygen atoms in total. The molecule has 0 bridgehead atoms. The third-order valence-electron chi connectivity index (χ3n) is 1.81. The first-order valence-corrected chi connectivity index (χ1v) is 4.88. The molecule has 0 atom stereocenters. The normalized spacial score (nSPS) is 15.1. The smallest absolute Gasteiger partial charge is 0.120 e. The molecule has 0 amide bonds. The number of nitrogens with zero attached hydrogens (tertiary/aromatic N) is 2. The molecule has 0 N–H and O–H groups in total. The lowest BCUT2D eigenvalue weighted by Crippen LogP contribution is -1.88. The van der Waals surface area contributed by atoms with Crippen molar-refractivity contribution in [3.05, 3.63) is 53.4 Å². The Morgan fingerprint density at radius 1 is 1.20 bits per heavy atom. The van der Waals surface area contributed by atoms with Gasteiger partial charge in [-0.05, 0) is 24.3 Å². The SMILES string of the molecule is Clc1ccccc1N=NC1=COCC=C1. The van der Waals surface area contributed by atoms with Gasteiger partial charge >= 0.3 is 0 Å². The van der Waals surface area contributed by atoms with Gasteiger partial charge in [-0.1, -0.05) is 23.7 Å². The monoisotopic (exact) mass is 220 g/mol. The molecular weight excluding hydrogens is 212 g/mol. The summed E-state index contributed by atoms with van der Waals surface area (Å²) in [4.78, 5) is 0. The molecule has 0 radical (unpaired) electrons. The van der Waals surface area contributed by atoms with Crippen LogP contribution in [0.4, 0.5) is 5.69 Å². The first kappa shape index (κ1) is 9.93. The second-order valence-electron chi connectivity index (χ2n) is 2.93. The van der Waals surface area contributed by atoms with Gasteiger partial charge in [-0.2, -0.15) is 0 Å². The van der Waals surface area contributed by atoms with Crippen molar-refractivity contribution in [3.63, 3.8) is 0 Å². The highest BCUT2D eigenvalue weighted by atomic mass is 35.5.